The maximum absolute atomic E-state index is 13.5. The number of rotatable bonds is 10. The summed E-state index contributed by atoms with van der Waals surface area (Å²) in [4.78, 5) is 45.6. The lowest BCUT2D eigenvalue weighted by atomic mass is 10.1. The Balaban J connectivity index is 1.28. The fourth-order valence-corrected chi connectivity index (χ4v) is 6.76. The molecule has 0 aliphatic rings. The number of halogens is 2. The van der Waals surface area contributed by atoms with E-state index in [0.717, 1.165) is 15.5 Å². The van der Waals surface area contributed by atoms with E-state index < -0.39 is 17.1 Å². The summed E-state index contributed by atoms with van der Waals surface area (Å²) in [6.45, 7) is 1.80. The highest BCUT2D eigenvalue weighted by molar-refractivity contribution is 8.00. The third-order valence-corrected chi connectivity index (χ3v) is 9.38. The molecule has 3 aromatic carbocycles. The molecular weight excluding hydrogens is 655 g/mol. The molecule has 2 aromatic heterocycles. The molecule has 44 heavy (non-hydrogen) atoms. The minimum absolute atomic E-state index is 0.0146. The molecule has 1 atom stereocenters. The summed E-state index contributed by atoms with van der Waals surface area (Å²) in [5, 5.41) is 13.2. The van der Waals surface area contributed by atoms with E-state index in [1.165, 1.54) is 29.2 Å². The number of carbonyl (C=O) groups excluding carboxylic acids is 3. The van der Waals surface area contributed by atoms with E-state index in [4.69, 9.17) is 23.2 Å². The second-order valence-electron chi connectivity index (χ2n) is 9.29. The van der Waals surface area contributed by atoms with E-state index in [1.807, 2.05) is 29.0 Å². The van der Waals surface area contributed by atoms with Crippen molar-refractivity contribution >= 4 is 92.3 Å². The maximum Gasteiger partial charge on any atom is 0.272 e. The Morgan fingerprint density at radius 3 is 2.48 bits per heavy atom. The van der Waals surface area contributed by atoms with Gasteiger partial charge in [-0.2, -0.15) is 0 Å². The average molecular weight is 680 g/mol. The van der Waals surface area contributed by atoms with Gasteiger partial charge in [0.15, 0.2) is 5.13 Å². The van der Waals surface area contributed by atoms with Gasteiger partial charge in [0, 0.05) is 31.6 Å². The molecule has 0 bridgehead atoms. The van der Waals surface area contributed by atoms with Gasteiger partial charge in [-0.25, -0.2) is 4.98 Å². The molecule has 0 fully saturated rings. The van der Waals surface area contributed by atoms with Crippen LogP contribution in [0.5, 0.6) is 0 Å². The lowest BCUT2D eigenvalue weighted by molar-refractivity contribution is -0.115. The number of carbonyl (C=O) groups is 3. The van der Waals surface area contributed by atoms with Crippen LogP contribution in [0.4, 0.5) is 10.8 Å². The summed E-state index contributed by atoms with van der Waals surface area (Å²) in [7, 11) is 0. The highest BCUT2D eigenvalue weighted by Gasteiger charge is 2.19. The van der Waals surface area contributed by atoms with Crippen molar-refractivity contribution in [3.8, 4) is 10.6 Å². The van der Waals surface area contributed by atoms with Gasteiger partial charge in [0.25, 0.3) is 11.8 Å². The van der Waals surface area contributed by atoms with Crippen LogP contribution in [0, 0.1) is 0 Å². The first kappa shape index (κ1) is 31.5. The number of thioether (sulfide) groups is 1. The van der Waals surface area contributed by atoms with E-state index in [1.54, 1.807) is 85.0 Å². The van der Waals surface area contributed by atoms with Gasteiger partial charge in [-0.05, 0) is 72.5 Å². The molecule has 0 saturated heterocycles. The molecule has 3 N–H and O–H groups in total. The molecule has 0 saturated carbocycles. The number of amides is 3. The topological polar surface area (TPSA) is 100 Å². The summed E-state index contributed by atoms with van der Waals surface area (Å²) < 4.78 is 0. The molecule has 1 unspecified atom stereocenters. The van der Waals surface area contributed by atoms with Crippen molar-refractivity contribution in [1.29, 1.82) is 0 Å². The first-order chi connectivity index (χ1) is 21.2. The van der Waals surface area contributed by atoms with Crippen LogP contribution in [-0.4, -0.2) is 28.0 Å². The molecule has 0 radical (unpaired) electrons. The minimum Gasteiger partial charge on any atom is -0.321 e. The smallest absolute Gasteiger partial charge is 0.272 e. The summed E-state index contributed by atoms with van der Waals surface area (Å²) in [6, 6.07) is 24.5. The fourth-order valence-electron chi connectivity index (χ4n) is 3.90. The number of hydrogen-bond acceptors (Lipinski definition) is 7. The van der Waals surface area contributed by atoms with Crippen molar-refractivity contribution in [1.82, 2.24) is 10.3 Å². The maximum atomic E-state index is 13.5. The molecule has 3 amide bonds. The van der Waals surface area contributed by atoms with Crippen LogP contribution in [0.25, 0.3) is 16.6 Å². The minimum atomic E-state index is -0.557. The number of nitrogens with one attached hydrogen (secondary N) is 3. The Morgan fingerprint density at radius 2 is 1.73 bits per heavy atom. The normalized spacial score (nSPS) is 11.9. The van der Waals surface area contributed by atoms with Gasteiger partial charge < -0.3 is 16.0 Å². The number of thiophene rings is 1. The van der Waals surface area contributed by atoms with Gasteiger partial charge in [-0.3, -0.25) is 14.4 Å². The number of aromatic nitrogens is 1. The summed E-state index contributed by atoms with van der Waals surface area (Å²) in [5.41, 5.74) is 2.19. The second-order valence-corrected chi connectivity index (χ2v) is 13.4. The number of hydrogen-bond donors (Lipinski definition) is 3. The molecule has 0 aliphatic carbocycles. The molecule has 0 spiro atoms. The largest absolute Gasteiger partial charge is 0.321 e. The third kappa shape index (κ3) is 8.37. The van der Waals surface area contributed by atoms with Gasteiger partial charge in [0.1, 0.15) is 5.70 Å². The standard InChI is InChI=1S/C32H24Cl2N4O3S3/c1-19(29(39)38-32-37-27(18-43-32)28-11-6-14-42-28)44-24-10-5-9-23(17-24)35-31(41)26(15-21-12-13-22(33)16-25(21)34)36-30(40)20-7-3-2-4-8-20/h2-19H,1H3,(H,35,41)(H,36,40)(H,37,38,39)/b26-15+. The third-order valence-electron chi connectivity index (χ3n) is 6.07. The zero-order valence-electron chi connectivity index (χ0n) is 23.0. The van der Waals surface area contributed by atoms with Gasteiger partial charge in [-0.15, -0.1) is 34.4 Å². The molecule has 222 valence electrons. The molecule has 5 aromatic rings. The highest BCUT2D eigenvalue weighted by Crippen LogP contribution is 2.30. The Labute approximate surface area is 276 Å². The summed E-state index contributed by atoms with van der Waals surface area (Å²) in [6.07, 6.45) is 1.49. The summed E-state index contributed by atoms with van der Waals surface area (Å²) in [5.74, 6) is -1.20. The van der Waals surface area contributed by atoms with Crippen molar-refractivity contribution in [2.75, 3.05) is 10.6 Å². The first-order valence-corrected chi connectivity index (χ1v) is 16.6. The fraction of sp³-hybridized carbons (Fsp3) is 0.0625. The van der Waals surface area contributed by atoms with Crippen LogP contribution in [0.3, 0.4) is 0 Å². The Hall–Kier alpha value is -3.93. The Kier molecular flexibility index (Phi) is 10.5. The van der Waals surface area contributed by atoms with Crippen molar-refractivity contribution in [2.45, 2.75) is 17.1 Å². The van der Waals surface area contributed by atoms with E-state index in [2.05, 4.69) is 20.9 Å². The lowest BCUT2D eigenvalue weighted by Crippen LogP contribution is -2.30. The number of anilines is 2. The Bertz CT molecular complexity index is 1830. The number of benzene rings is 3. The van der Waals surface area contributed by atoms with Crippen molar-refractivity contribution < 1.29 is 14.4 Å². The van der Waals surface area contributed by atoms with E-state index in [-0.39, 0.29) is 11.6 Å². The summed E-state index contributed by atoms with van der Waals surface area (Å²) >= 11 is 16.7. The molecule has 5 rings (SSSR count). The van der Waals surface area contributed by atoms with E-state index in [9.17, 15) is 14.4 Å². The molecule has 0 aliphatic heterocycles. The zero-order valence-corrected chi connectivity index (χ0v) is 27.0. The van der Waals surface area contributed by atoms with Crippen LogP contribution in [-0.2, 0) is 9.59 Å². The van der Waals surface area contributed by atoms with E-state index >= 15 is 0 Å². The predicted molar refractivity (Wildman–Crippen MR) is 183 cm³/mol. The molecule has 7 nitrogen and oxygen atoms in total. The monoisotopic (exact) mass is 678 g/mol. The SMILES string of the molecule is CC(Sc1cccc(NC(=O)/C(=C\c2ccc(Cl)cc2Cl)NC(=O)c2ccccc2)c1)C(=O)Nc1nc(-c2cccs2)cs1. The van der Waals surface area contributed by atoms with Crippen LogP contribution >= 0.6 is 57.6 Å². The van der Waals surface area contributed by atoms with Crippen LogP contribution in [0.15, 0.2) is 106 Å². The van der Waals surface area contributed by atoms with E-state index in [0.29, 0.717) is 32.0 Å². The highest BCUT2D eigenvalue weighted by atomic mass is 35.5. The van der Waals surface area contributed by atoms with Gasteiger partial charge in [0.2, 0.25) is 5.91 Å². The van der Waals surface area contributed by atoms with Crippen molar-refractivity contribution in [3.05, 3.63) is 123 Å². The van der Waals surface area contributed by atoms with Crippen LogP contribution in [0.1, 0.15) is 22.8 Å². The quantitative estimate of drug-likeness (QED) is 0.101. The lowest BCUT2D eigenvalue weighted by Gasteiger charge is -2.14. The van der Waals surface area contributed by atoms with Crippen LogP contribution in [0.2, 0.25) is 10.0 Å². The second kappa shape index (κ2) is 14.7. The number of thiazole rings is 1. The average Bonchev–Trinajstić information content (AvgIpc) is 3.71. The predicted octanol–water partition coefficient (Wildman–Crippen LogP) is 8.71. The van der Waals surface area contributed by atoms with Crippen molar-refractivity contribution in [3.63, 3.8) is 0 Å². The number of nitrogens with zero attached hydrogens (tertiary/aromatic N) is 1. The zero-order chi connectivity index (χ0) is 31.1. The van der Waals surface area contributed by atoms with Gasteiger partial charge in [-0.1, -0.05) is 59.6 Å². The Morgan fingerprint density at radius 1 is 0.909 bits per heavy atom. The van der Waals surface area contributed by atoms with Gasteiger partial charge in [0.05, 0.1) is 15.8 Å². The van der Waals surface area contributed by atoms with Crippen LogP contribution < -0.4 is 16.0 Å². The first-order valence-electron chi connectivity index (χ1n) is 13.2. The molecule has 2 heterocycles. The van der Waals surface area contributed by atoms with Gasteiger partial charge >= 0.3 is 0 Å². The van der Waals surface area contributed by atoms with Crippen molar-refractivity contribution in [2.24, 2.45) is 0 Å². The molecular formula is C32H24Cl2N4O3S3. The molecule has 12 heteroatoms.